The number of hydrogen-bond donors (Lipinski definition) is 2. The summed E-state index contributed by atoms with van der Waals surface area (Å²) in [7, 11) is -3.61. The first-order valence-electron chi connectivity index (χ1n) is 9.57. The largest absolute Gasteiger partial charge is 0.379 e. The third kappa shape index (κ3) is 5.16. The molecule has 2 heterocycles. The number of hydrogen-bond acceptors (Lipinski definition) is 9. The molecular weight excluding hydrogens is 442 g/mol. The van der Waals surface area contributed by atoms with Crippen LogP contribution in [0.2, 0.25) is 0 Å². The minimum absolute atomic E-state index is 0.0781. The highest BCUT2D eigenvalue weighted by atomic mass is 32.2. The van der Waals surface area contributed by atoms with E-state index >= 15 is 0 Å². The minimum Gasteiger partial charge on any atom is -0.379 e. The van der Waals surface area contributed by atoms with E-state index in [-0.39, 0.29) is 22.5 Å². The number of morpholine rings is 1. The first-order chi connectivity index (χ1) is 14.9. The molecule has 1 aliphatic heterocycles. The molecule has 1 atom stereocenters. The lowest BCUT2D eigenvalue weighted by Gasteiger charge is -2.26. The molecule has 0 spiro atoms. The van der Waals surface area contributed by atoms with E-state index in [9.17, 15) is 13.2 Å². The zero-order valence-corrected chi connectivity index (χ0v) is 18.5. The van der Waals surface area contributed by atoms with Crippen molar-refractivity contribution in [2.75, 3.05) is 43.1 Å². The summed E-state index contributed by atoms with van der Waals surface area (Å²) in [6.45, 7) is 3.18. The summed E-state index contributed by atoms with van der Waals surface area (Å²) in [5.41, 5.74) is 6.34. The van der Waals surface area contributed by atoms with Gasteiger partial charge in [0.15, 0.2) is 5.16 Å². The van der Waals surface area contributed by atoms with Gasteiger partial charge in [0.1, 0.15) is 6.04 Å². The van der Waals surface area contributed by atoms with Crippen LogP contribution in [0.1, 0.15) is 19.4 Å². The Kier molecular flexibility index (Phi) is 7.50. The van der Waals surface area contributed by atoms with E-state index in [1.807, 2.05) is 13.0 Å². The second-order valence-electron chi connectivity index (χ2n) is 6.61. The molecular formula is C18H23N7O4S2. The number of nitrogen functional groups attached to an aromatic ring is 1. The Morgan fingerprint density at radius 2 is 2.00 bits per heavy atom. The van der Waals surface area contributed by atoms with Crippen molar-refractivity contribution in [3.63, 3.8) is 0 Å². The number of carbonyl (C=O) groups is 1. The molecule has 3 rings (SSSR count). The number of sulfonamides is 1. The number of ether oxygens (including phenoxy) is 1. The summed E-state index contributed by atoms with van der Waals surface area (Å²) in [6.07, 6.45) is 0.414. The lowest BCUT2D eigenvalue weighted by molar-refractivity contribution is -0.119. The molecule has 1 aromatic carbocycles. The van der Waals surface area contributed by atoms with E-state index in [1.165, 1.54) is 21.0 Å². The molecule has 3 N–H and O–H groups in total. The van der Waals surface area contributed by atoms with Gasteiger partial charge in [-0.15, -0.1) is 10.2 Å². The maximum absolute atomic E-state index is 12.9. The predicted molar refractivity (Wildman–Crippen MR) is 115 cm³/mol. The van der Waals surface area contributed by atoms with Crippen molar-refractivity contribution in [2.24, 2.45) is 0 Å². The quantitative estimate of drug-likeness (QED) is 0.545. The van der Waals surface area contributed by atoms with Crippen LogP contribution in [0.25, 0.3) is 0 Å². The van der Waals surface area contributed by atoms with E-state index in [0.29, 0.717) is 43.6 Å². The van der Waals surface area contributed by atoms with Crippen molar-refractivity contribution in [2.45, 2.75) is 29.4 Å². The number of amides is 1. The average molecular weight is 466 g/mol. The standard InChI is InChI=1S/C18H23N7O4S2/c1-2-15(25-17(20)22-23-18(25)30-12-7-19)16(26)21-13-3-5-14(6-4-13)31(27,28)24-8-10-29-11-9-24/h3-6,15H,2,8-12H2,1H3,(H2,20,22)(H,21,26). The molecule has 1 aromatic heterocycles. The van der Waals surface area contributed by atoms with Gasteiger partial charge in [-0.05, 0) is 30.7 Å². The summed E-state index contributed by atoms with van der Waals surface area (Å²) in [5.74, 6) is -0.124. The third-order valence-corrected chi connectivity index (χ3v) is 7.41. The van der Waals surface area contributed by atoms with Crippen molar-refractivity contribution in [1.29, 1.82) is 5.26 Å². The van der Waals surface area contributed by atoms with Crippen molar-refractivity contribution in [3.8, 4) is 6.07 Å². The monoisotopic (exact) mass is 465 g/mol. The molecule has 0 saturated carbocycles. The zero-order valence-electron chi connectivity index (χ0n) is 16.9. The third-order valence-electron chi connectivity index (χ3n) is 4.69. The number of nitrogens with two attached hydrogens (primary N) is 1. The van der Waals surface area contributed by atoms with Crippen LogP contribution in [0.4, 0.5) is 11.6 Å². The van der Waals surface area contributed by atoms with E-state index in [2.05, 4.69) is 15.5 Å². The topological polar surface area (TPSA) is 156 Å². The van der Waals surface area contributed by atoms with Gasteiger partial charge in [-0.2, -0.15) is 9.57 Å². The van der Waals surface area contributed by atoms with Gasteiger partial charge in [-0.3, -0.25) is 9.36 Å². The lowest BCUT2D eigenvalue weighted by Crippen LogP contribution is -2.40. The maximum atomic E-state index is 12.9. The van der Waals surface area contributed by atoms with Crippen molar-refractivity contribution >= 4 is 39.3 Å². The number of anilines is 2. The van der Waals surface area contributed by atoms with E-state index in [4.69, 9.17) is 15.7 Å². The first-order valence-corrected chi connectivity index (χ1v) is 12.0. The molecule has 0 aliphatic carbocycles. The average Bonchev–Trinajstić information content (AvgIpc) is 3.14. The van der Waals surface area contributed by atoms with E-state index in [0.717, 1.165) is 11.8 Å². The second-order valence-corrected chi connectivity index (χ2v) is 9.49. The Bertz CT molecular complexity index is 1060. The molecule has 1 unspecified atom stereocenters. The summed E-state index contributed by atoms with van der Waals surface area (Å²) >= 11 is 1.14. The molecule has 1 amide bonds. The van der Waals surface area contributed by atoms with Crippen LogP contribution in [-0.2, 0) is 19.6 Å². The molecule has 1 fully saturated rings. The van der Waals surface area contributed by atoms with Crippen LogP contribution < -0.4 is 11.1 Å². The molecule has 0 radical (unpaired) electrons. The van der Waals surface area contributed by atoms with E-state index in [1.54, 1.807) is 12.1 Å². The van der Waals surface area contributed by atoms with Gasteiger partial charge in [-0.1, -0.05) is 18.7 Å². The first kappa shape index (κ1) is 23.0. The lowest BCUT2D eigenvalue weighted by atomic mass is 10.2. The molecule has 166 valence electrons. The second kappa shape index (κ2) is 10.1. The van der Waals surface area contributed by atoms with Gasteiger partial charge in [0, 0.05) is 18.8 Å². The van der Waals surface area contributed by atoms with Crippen LogP contribution in [0.5, 0.6) is 0 Å². The highest BCUT2D eigenvalue weighted by Crippen LogP contribution is 2.26. The van der Waals surface area contributed by atoms with Gasteiger partial charge < -0.3 is 15.8 Å². The highest BCUT2D eigenvalue weighted by Gasteiger charge is 2.27. The molecule has 2 aromatic rings. The van der Waals surface area contributed by atoms with Crippen LogP contribution >= 0.6 is 11.8 Å². The molecule has 0 bridgehead atoms. The van der Waals surface area contributed by atoms with E-state index < -0.39 is 16.1 Å². The normalized spacial score (nSPS) is 15.9. The molecule has 13 heteroatoms. The van der Waals surface area contributed by atoms with Gasteiger partial charge in [-0.25, -0.2) is 8.42 Å². The van der Waals surface area contributed by atoms with Crippen molar-refractivity contribution in [3.05, 3.63) is 24.3 Å². The SMILES string of the molecule is CCC(C(=O)Nc1ccc(S(=O)(=O)N2CCOCC2)cc1)n1c(N)nnc1SCC#N. The number of nitrogens with zero attached hydrogens (tertiary/aromatic N) is 5. The number of aromatic nitrogens is 3. The summed E-state index contributed by atoms with van der Waals surface area (Å²) in [5, 5.41) is 19.7. The summed E-state index contributed by atoms with van der Waals surface area (Å²) < 4.78 is 33.5. The van der Waals surface area contributed by atoms with Gasteiger partial charge in [0.25, 0.3) is 0 Å². The Morgan fingerprint density at radius 3 is 2.61 bits per heavy atom. The summed E-state index contributed by atoms with van der Waals surface area (Å²) in [6, 6.07) is 7.32. The summed E-state index contributed by atoms with van der Waals surface area (Å²) in [4.78, 5) is 13.0. The Labute approximate surface area is 184 Å². The Hall–Kier alpha value is -2.66. The number of carbonyl (C=O) groups excluding carboxylic acids is 1. The number of nitrogens with one attached hydrogen (secondary N) is 1. The number of nitriles is 1. The zero-order chi connectivity index (χ0) is 22.4. The molecule has 31 heavy (non-hydrogen) atoms. The van der Waals surface area contributed by atoms with Gasteiger partial charge >= 0.3 is 0 Å². The van der Waals surface area contributed by atoms with Gasteiger partial charge in [0.05, 0.1) is 29.9 Å². The number of thioether (sulfide) groups is 1. The molecule has 1 aliphatic rings. The fraction of sp³-hybridized carbons (Fsp3) is 0.444. The van der Waals surface area contributed by atoms with Crippen LogP contribution in [0.3, 0.4) is 0 Å². The predicted octanol–water partition coefficient (Wildman–Crippen LogP) is 1.09. The van der Waals surface area contributed by atoms with Gasteiger partial charge in [0.2, 0.25) is 21.9 Å². The Morgan fingerprint density at radius 1 is 1.32 bits per heavy atom. The fourth-order valence-electron chi connectivity index (χ4n) is 3.13. The maximum Gasteiger partial charge on any atom is 0.247 e. The fourth-order valence-corrected chi connectivity index (χ4v) is 5.19. The highest BCUT2D eigenvalue weighted by molar-refractivity contribution is 7.99. The van der Waals surface area contributed by atoms with Crippen LogP contribution in [-0.4, -0.2) is 65.5 Å². The number of benzene rings is 1. The minimum atomic E-state index is -3.61. The van der Waals surface area contributed by atoms with Crippen molar-refractivity contribution in [1.82, 2.24) is 19.1 Å². The molecule has 11 nitrogen and oxygen atoms in total. The Balaban J connectivity index is 1.74. The van der Waals surface area contributed by atoms with Crippen LogP contribution in [0.15, 0.2) is 34.3 Å². The molecule has 1 saturated heterocycles. The van der Waals surface area contributed by atoms with Crippen LogP contribution in [0, 0.1) is 11.3 Å². The van der Waals surface area contributed by atoms with Crippen molar-refractivity contribution < 1.29 is 17.9 Å². The smallest absolute Gasteiger partial charge is 0.247 e. The number of rotatable bonds is 8.